The second-order valence-electron chi connectivity index (χ2n) is 7.04. The Balaban J connectivity index is 1.67. The number of carbonyl (C=O) groups excluding carboxylic acids is 1. The highest BCUT2D eigenvalue weighted by atomic mass is 32.1. The number of primary amides is 1. The fourth-order valence-electron chi connectivity index (χ4n) is 3.47. The minimum atomic E-state index is -0.685. The molecule has 0 saturated carbocycles. The smallest absolute Gasteiger partial charge is 0.229 e. The average Bonchev–Trinajstić information content (AvgIpc) is 3.30. The molecule has 31 heavy (non-hydrogen) atoms. The zero-order chi connectivity index (χ0) is 21.6. The lowest BCUT2D eigenvalue weighted by Gasteiger charge is -2.19. The van der Waals surface area contributed by atoms with Crippen LogP contribution in [0.3, 0.4) is 0 Å². The number of nitrogens with zero attached hydrogens (tertiary/aromatic N) is 2. The van der Waals surface area contributed by atoms with E-state index in [0.29, 0.717) is 29.9 Å². The van der Waals surface area contributed by atoms with Crippen LogP contribution in [0.25, 0.3) is 10.6 Å². The number of hydrogen-bond acceptors (Lipinski definition) is 5. The van der Waals surface area contributed by atoms with Gasteiger partial charge < -0.3 is 11.1 Å². The normalized spacial score (nSPS) is 11.8. The summed E-state index contributed by atoms with van der Waals surface area (Å²) in [5.41, 5.74) is 8.84. The van der Waals surface area contributed by atoms with Gasteiger partial charge in [0.15, 0.2) is 0 Å². The first-order valence-corrected chi connectivity index (χ1v) is 10.7. The van der Waals surface area contributed by atoms with Gasteiger partial charge in [0, 0.05) is 24.5 Å². The number of thiophene rings is 1. The highest BCUT2D eigenvalue weighted by Gasteiger charge is 2.24. The van der Waals surface area contributed by atoms with Crippen LogP contribution >= 0.6 is 11.3 Å². The van der Waals surface area contributed by atoms with Crippen LogP contribution in [0.1, 0.15) is 22.6 Å². The summed E-state index contributed by atoms with van der Waals surface area (Å²) in [7, 11) is 0. The summed E-state index contributed by atoms with van der Waals surface area (Å²) in [5, 5.41) is 5.32. The second kappa shape index (κ2) is 9.49. The van der Waals surface area contributed by atoms with Gasteiger partial charge in [0.25, 0.3) is 0 Å². The molecule has 0 aliphatic rings. The van der Waals surface area contributed by atoms with Gasteiger partial charge in [0.2, 0.25) is 5.91 Å². The van der Waals surface area contributed by atoms with E-state index in [4.69, 9.17) is 10.7 Å². The third-order valence-corrected chi connectivity index (χ3v) is 5.80. The Kier molecular flexibility index (Phi) is 6.33. The Morgan fingerprint density at radius 3 is 2.74 bits per heavy atom. The van der Waals surface area contributed by atoms with Crippen LogP contribution in [0, 0.1) is 5.82 Å². The Morgan fingerprint density at radius 1 is 1.13 bits per heavy atom. The molecule has 1 aromatic carbocycles. The summed E-state index contributed by atoms with van der Waals surface area (Å²) in [5.74, 6) is -0.849. The lowest BCUT2D eigenvalue weighted by Crippen LogP contribution is -2.24. The fraction of sp³-hybridized carbons (Fsp3) is 0.125. The molecular weight excluding hydrogens is 411 g/mol. The number of halogens is 1. The molecule has 0 saturated heterocycles. The van der Waals surface area contributed by atoms with E-state index in [-0.39, 0.29) is 5.82 Å². The van der Waals surface area contributed by atoms with Crippen molar-refractivity contribution in [2.24, 2.45) is 5.73 Å². The average molecular weight is 433 g/mol. The van der Waals surface area contributed by atoms with Crippen LogP contribution in [0.4, 0.5) is 10.2 Å². The molecular formula is C24H21FN4OS. The topological polar surface area (TPSA) is 80.9 Å². The van der Waals surface area contributed by atoms with E-state index in [9.17, 15) is 9.18 Å². The van der Waals surface area contributed by atoms with Gasteiger partial charge in [-0.05, 0) is 53.3 Å². The molecule has 3 heterocycles. The van der Waals surface area contributed by atoms with Crippen LogP contribution in [-0.4, -0.2) is 22.4 Å². The van der Waals surface area contributed by atoms with Gasteiger partial charge >= 0.3 is 0 Å². The van der Waals surface area contributed by atoms with Crippen molar-refractivity contribution in [3.05, 3.63) is 101 Å². The van der Waals surface area contributed by atoms with Gasteiger partial charge in [-0.25, -0.2) is 9.37 Å². The molecule has 4 aromatic rings. The lowest BCUT2D eigenvalue weighted by atomic mass is 9.91. The molecule has 0 fully saturated rings. The van der Waals surface area contributed by atoms with Gasteiger partial charge in [-0.2, -0.15) is 0 Å². The molecule has 7 heteroatoms. The van der Waals surface area contributed by atoms with Crippen molar-refractivity contribution in [2.75, 3.05) is 11.9 Å². The first-order valence-electron chi connectivity index (χ1n) is 9.84. The van der Waals surface area contributed by atoms with Crippen LogP contribution in [0.2, 0.25) is 0 Å². The van der Waals surface area contributed by atoms with Gasteiger partial charge in [-0.15, -0.1) is 11.3 Å². The van der Waals surface area contributed by atoms with Crippen LogP contribution in [0.5, 0.6) is 0 Å². The summed E-state index contributed by atoms with van der Waals surface area (Å²) in [6.45, 7) is 0.524. The van der Waals surface area contributed by atoms with E-state index in [2.05, 4.69) is 10.3 Å². The maximum absolute atomic E-state index is 13.5. The molecule has 0 aliphatic carbocycles. The first-order chi connectivity index (χ1) is 15.1. The minimum Gasteiger partial charge on any atom is -0.369 e. The minimum absolute atomic E-state index is 0.263. The monoisotopic (exact) mass is 432 g/mol. The lowest BCUT2D eigenvalue weighted by molar-refractivity contribution is -0.118. The van der Waals surface area contributed by atoms with Crippen LogP contribution in [-0.2, 0) is 11.2 Å². The number of carbonyl (C=O) groups is 1. The molecule has 3 N–H and O–H groups in total. The molecule has 4 rings (SSSR count). The van der Waals surface area contributed by atoms with Crippen molar-refractivity contribution >= 4 is 23.1 Å². The van der Waals surface area contributed by atoms with Crippen molar-refractivity contribution in [1.82, 2.24) is 9.97 Å². The highest BCUT2D eigenvalue weighted by molar-refractivity contribution is 7.13. The molecule has 0 bridgehead atoms. The van der Waals surface area contributed by atoms with Gasteiger partial charge in [-0.3, -0.25) is 9.78 Å². The Bertz CT molecular complexity index is 1170. The predicted octanol–water partition coefficient (Wildman–Crippen LogP) is 4.62. The summed E-state index contributed by atoms with van der Waals surface area (Å²) in [6.07, 6.45) is 3.90. The van der Waals surface area contributed by atoms with Crippen molar-refractivity contribution in [1.29, 1.82) is 0 Å². The van der Waals surface area contributed by atoms with Crippen molar-refractivity contribution in [2.45, 2.75) is 12.3 Å². The number of benzene rings is 1. The van der Waals surface area contributed by atoms with Crippen molar-refractivity contribution in [3.63, 3.8) is 0 Å². The zero-order valence-electron chi connectivity index (χ0n) is 16.7. The number of amides is 1. The fourth-order valence-corrected chi connectivity index (χ4v) is 4.16. The third-order valence-electron chi connectivity index (χ3n) is 4.91. The Hall–Kier alpha value is -3.58. The number of hydrogen-bond donors (Lipinski definition) is 2. The Labute approximate surface area is 183 Å². The largest absolute Gasteiger partial charge is 0.369 e. The molecule has 0 spiro atoms. The molecule has 156 valence electrons. The molecule has 5 nitrogen and oxygen atoms in total. The van der Waals surface area contributed by atoms with E-state index < -0.39 is 11.8 Å². The number of rotatable bonds is 8. The van der Waals surface area contributed by atoms with Crippen molar-refractivity contribution < 1.29 is 9.18 Å². The van der Waals surface area contributed by atoms with Crippen molar-refractivity contribution in [3.8, 4) is 10.6 Å². The molecule has 1 amide bonds. The highest BCUT2D eigenvalue weighted by Crippen LogP contribution is 2.32. The number of nitrogens with one attached hydrogen (secondary N) is 1. The number of aromatic nitrogens is 2. The van der Waals surface area contributed by atoms with E-state index in [1.165, 1.54) is 12.1 Å². The van der Waals surface area contributed by atoms with Crippen LogP contribution in [0.15, 0.2) is 78.4 Å². The Morgan fingerprint density at radius 2 is 2.03 bits per heavy atom. The van der Waals surface area contributed by atoms with E-state index in [1.54, 1.807) is 35.9 Å². The third kappa shape index (κ3) is 4.95. The number of nitrogens with two attached hydrogens (primary N) is 1. The van der Waals surface area contributed by atoms with E-state index in [1.807, 2.05) is 41.8 Å². The molecule has 3 aromatic heterocycles. The second-order valence-corrected chi connectivity index (χ2v) is 7.99. The molecule has 1 unspecified atom stereocenters. The summed E-state index contributed by atoms with van der Waals surface area (Å²) >= 11 is 1.59. The van der Waals surface area contributed by atoms with E-state index >= 15 is 0 Å². The zero-order valence-corrected chi connectivity index (χ0v) is 17.5. The maximum Gasteiger partial charge on any atom is 0.229 e. The SMILES string of the molecule is NC(=O)C(c1cccnc1)c1ccc(-c2cccs2)nc1NCCc1cccc(F)c1. The number of anilines is 1. The summed E-state index contributed by atoms with van der Waals surface area (Å²) < 4.78 is 13.5. The van der Waals surface area contributed by atoms with Gasteiger partial charge in [-0.1, -0.05) is 30.3 Å². The first kappa shape index (κ1) is 20.7. The maximum atomic E-state index is 13.5. The molecule has 1 atom stereocenters. The quantitative estimate of drug-likeness (QED) is 0.426. The molecule has 0 aliphatic heterocycles. The van der Waals surface area contributed by atoms with Gasteiger partial charge in [0.1, 0.15) is 11.6 Å². The van der Waals surface area contributed by atoms with Crippen LogP contribution < -0.4 is 11.1 Å². The van der Waals surface area contributed by atoms with E-state index in [0.717, 1.165) is 16.1 Å². The number of pyridine rings is 2. The summed E-state index contributed by atoms with van der Waals surface area (Å²) in [4.78, 5) is 22.3. The van der Waals surface area contributed by atoms with Gasteiger partial charge in [0.05, 0.1) is 16.5 Å². The molecule has 0 radical (unpaired) electrons. The predicted molar refractivity (Wildman–Crippen MR) is 121 cm³/mol. The standard InChI is InChI=1S/C24H21FN4OS/c25-18-6-1-4-16(14-18)10-12-28-24-19(8-9-20(29-24)21-7-3-13-31-21)22(23(26)30)17-5-2-11-27-15-17/h1-9,11,13-15,22H,10,12H2,(H2,26,30)(H,28,29). The summed E-state index contributed by atoms with van der Waals surface area (Å²) in [6, 6.07) is 17.8.